The lowest BCUT2D eigenvalue weighted by molar-refractivity contribution is 0.618. The predicted octanol–water partition coefficient (Wildman–Crippen LogP) is 4.87. The standard InChI is InChI=1S/C15H11Cl2FN2/c1-9-6-11(3-4-12(9)18)20-14-7-10(17)2-5-13(14)19-15(20)8-16/h2-7H,8H2,1H3. The van der Waals surface area contributed by atoms with Gasteiger partial charge in [-0.1, -0.05) is 11.6 Å². The van der Waals surface area contributed by atoms with Gasteiger partial charge in [0, 0.05) is 10.7 Å². The van der Waals surface area contributed by atoms with Gasteiger partial charge in [0.1, 0.15) is 11.6 Å². The maximum atomic E-state index is 13.4. The van der Waals surface area contributed by atoms with Crippen LogP contribution in [0, 0.1) is 12.7 Å². The Labute approximate surface area is 125 Å². The molecule has 0 radical (unpaired) electrons. The number of alkyl halides is 1. The topological polar surface area (TPSA) is 17.8 Å². The van der Waals surface area contributed by atoms with Crippen LogP contribution in [0.3, 0.4) is 0 Å². The van der Waals surface area contributed by atoms with Crippen LogP contribution >= 0.6 is 23.2 Å². The Kier molecular flexibility index (Phi) is 3.40. The summed E-state index contributed by atoms with van der Waals surface area (Å²) in [7, 11) is 0. The van der Waals surface area contributed by atoms with Crippen molar-refractivity contribution in [3.63, 3.8) is 0 Å². The van der Waals surface area contributed by atoms with Crippen molar-refractivity contribution in [1.82, 2.24) is 9.55 Å². The van der Waals surface area contributed by atoms with Gasteiger partial charge in [-0.2, -0.15) is 0 Å². The lowest BCUT2D eigenvalue weighted by Gasteiger charge is -2.09. The molecule has 0 aliphatic heterocycles. The van der Waals surface area contributed by atoms with Gasteiger partial charge in [0.2, 0.25) is 0 Å². The SMILES string of the molecule is Cc1cc(-n2c(CCl)nc3ccc(Cl)cc32)ccc1F. The fraction of sp³-hybridized carbons (Fsp3) is 0.133. The molecule has 0 aliphatic carbocycles. The average molecular weight is 309 g/mol. The van der Waals surface area contributed by atoms with E-state index in [4.69, 9.17) is 23.2 Å². The fourth-order valence-electron chi connectivity index (χ4n) is 2.24. The Bertz CT molecular complexity index is 796. The molecule has 0 saturated carbocycles. The molecule has 0 fully saturated rings. The number of halogens is 3. The third kappa shape index (κ3) is 2.17. The molecular formula is C15H11Cl2FN2. The predicted molar refractivity (Wildman–Crippen MR) is 80.3 cm³/mol. The Morgan fingerprint density at radius 2 is 2.00 bits per heavy atom. The number of rotatable bonds is 2. The zero-order chi connectivity index (χ0) is 14.3. The smallest absolute Gasteiger partial charge is 0.129 e. The molecule has 20 heavy (non-hydrogen) atoms. The first kappa shape index (κ1) is 13.4. The second kappa shape index (κ2) is 5.08. The summed E-state index contributed by atoms with van der Waals surface area (Å²) in [6.07, 6.45) is 0. The summed E-state index contributed by atoms with van der Waals surface area (Å²) < 4.78 is 15.3. The molecule has 0 N–H and O–H groups in total. The van der Waals surface area contributed by atoms with Gasteiger partial charge in [-0.05, 0) is 48.9 Å². The Morgan fingerprint density at radius 1 is 1.20 bits per heavy atom. The van der Waals surface area contributed by atoms with Gasteiger partial charge in [-0.25, -0.2) is 9.37 Å². The summed E-state index contributed by atoms with van der Waals surface area (Å²) in [5.74, 6) is 0.737. The van der Waals surface area contributed by atoms with E-state index in [1.54, 1.807) is 25.1 Å². The van der Waals surface area contributed by atoms with Crippen molar-refractivity contribution >= 4 is 34.2 Å². The van der Waals surface area contributed by atoms with Crippen molar-refractivity contribution in [3.05, 3.63) is 58.6 Å². The van der Waals surface area contributed by atoms with Crippen LogP contribution in [0.5, 0.6) is 0 Å². The molecule has 5 heteroatoms. The number of hydrogen-bond donors (Lipinski definition) is 0. The number of aryl methyl sites for hydroxylation is 1. The maximum absolute atomic E-state index is 13.4. The average Bonchev–Trinajstić information content (AvgIpc) is 2.79. The molecule has 3 rings (SSSR count). The molecule has 0 aliphatic rings. The number of benzene rings is 2. The van der Waals surface area contributed by atoms with Gasteiger partial charge in [-0.3, -0.25) is 4.57 Å². The molecule has 0 bridgehead atoms. The molecule has 0 atom stereocenters. The van der Waals surface area contributed by atoms with E-state index in [9.17, 15) is 4.39 Å². The quantitative estimate of drug-likeness (QED) is 0.618. The van der Waals surface area contributed by atoms with Crippen molar-refractivity contribution in [1.29, 1.82) is 0 Å². The van der Waals surface area contributed by atoms with Crippen LogP contribution in [0.2, 0.25) is 5.02 Å². The van der Waals surface area contributed by atoms with E-state index in [0.717, 1.165) is 16.7 Å². The van der Waals surface area contributed by atoms with Crippen molar-refractivity contribution in [2.45, 2.75) is 12.8 Å². The molecule has 2 aromatic carbocycles. The first-order chi connectivity index (χ1) is 9.60. The number of hydrogen-bond acceptors (Lipinski definition) is 1. The first-order valence-electron chi connectivity index (χ1n) is 6.09. The second-order valence-corrected chi connectivity index (χ2v) is 5.27. The number of nitrogens with zero attached hydrogens (tertiary/aromatic N) is 2. The van der Waals surface area contributed by atoms with E-state index in [1.807, 2.05) is 16.7 Å². The molecule has 2 nitrogen and oxygen atoms in total. The molecule has 0 saturated heterocycles. The molecule has 1 heterocycles. The lowest BCUT2D eigenvalue weighted by Crippen LogP contribution is -2.00. The summed E-state index contributed by atoms with van der Waals surface area (Å²) in [6, 6.07) is 10.4. The van der Waals surface area contributed by atoms with Crippen LogP contribution in [0.15, 0.2) is 36.4 Å². The van der Waals surface area contributed by atoms with Crippen molar-refractivity contribution in [2.24, 2.45) is 0 Å². The minimum Gasteiger partial charge on any atom is -0.295 e. The van der Waals surface area contributed by atoms with Gasteiger partial charge in [0.05, 0.1) is 16.9 Å². The highest BCUT2D eigenvalue weighted by atomic mass is 35.5. The summed E-state index contributed by atoms with van der Waals surface area (Å²) in [5, 5.41) is 0.624. The third-order valence-corrected chi connectivity index (χ3v) is 3.68. The Hall–Kier alpha value is -1.58. The molecule has 0 spiro atoms. The highest BCUT2D eigenvalue weighted by Crippen LogP contribution is 2.26. The van der Waals surface area contributed by atoms with Gasteiger partial charge in [-0.15, -0.1) is 11.6 Å². The summed E-state index contributed by atoms with van der Waals surface area (Å²) in [5.41, 5.74) is 3.07. The Morgan fingerprint density at radius 3 is 2.70 bits per heavy atom. The van der Waals surface area contributed by atoms with Crippen molar-refractivity contribution < 1.29 is 4.39 Å². The lowest BCUT2D eigenvalue weighted by atomic mass is 10.2. The van der Waals surface area contributed by atoms with E-state index in [0.29, 0.717) is 16.4 Å². The van der Waals surface area contributed by atoms with E-state index < -0.39 is 0 Å². The van der Waals surface area contributed by atoms with E-state index in [-0.39, 0.29) is 11.7 Å². The zero-order valence-electron chi connectivity index (χ0n) is 10.7. The minimum atomic E-state index is -0.233. The fourth-order valence-corrected chi connectivity index (χ4v) is 2.59. The maximum Gasteiger partial charge on any atom is 0.129 e. The van der Waals surface area contributed by atoms with Crippen molar-refractivity contribution in [2.75, 3.05) is 0 Å². The normalized spacial score (nSPS) is 11.2. The summed E-state index contributed by atoms with van der Waals surface area (Å²) in [6.45, 7) is 1.73. The summed E-state index contributed by atoms with van der Waals surface area (Å²) in [4.78, 5) is 4.48. The number of fused-ring (bicyclic) bond motifs is 1. The van der Waals surface area contributed by atoms with Crippen LogP contribution in [0.1, 0.15) is 11.4 Å². The second-order valence-electron chi connectivity index (χ2n) is 4.56. The monoisotopic (exact) mass is 308 g/mol. The van der Waals surface area contributed by atoms with Crippen LogP contribution in [0.4, 0.5) is 4.39 Å². The van der Waals surface area contributed by atoms with Crippen LogP contribution in [-0.4, -0.2) is 9.55 Å². The molecule has 102 valence electrons. The number of aromatic nitrogens is 2. The minimum absolute atomic E-state index is 0.233. The highest BCUT2D eigenvalue weighted by Gasteiger charge is 2.13. The molecular weight excluding hydrogens is 298 g/mol. The molecule has 1 aromatic heterocycles. The van der Waals surface area contributed by atoms with E-state index in [2.05, 4.69) is 4.98 Å². The van der Waals surface area contributed by atoms with Gasteiger partial charge in [0.25, 0.3) is 0 Å². The van der Waals surface area contributed by atoms with Gasteiger partial charge in [0.15, 0.2) is 0 Å². The summed E-state index contributed by atoms with van der Waals surface area (Å²) >= 11 is 12.0. The third-order valence-electron chi connectivity index (χ3n) is 3.21. The van der Waals surface area contributed by atoms with Gasteiger partial charge < -0.3 is 0 Å². The number of imidazole rings is 1. The zero-order valence-corrected chi connectivity index (χ0v) is 12.2. The van der Waals surface area contributed by atoms with Crippen molar-refractivity contribution in [3.8, 4) is 5.69 Å². The van der Waals surface area contributed by atoms with Crippen LogP contribution in [-0.2, 0) is 5.88 Å². The Balaban J connectivity index is 2.32. The van der Waals surface area contributed by atoms with E-state index >= 15 is 0 Å². The first-order valence-corrected chi connectivity index (χ1v) is 7.01. The molecule has 0 amide bonds. The van der Waals surface area contributed by atoms with E-state index in [1.165, 1.54) is 6.07 Å². The molecule has 0 unspecified atom stereocenters. The largest absolute Gasteiger partial charge is 0.295 e. The molecule has 3 aromatic rings. The van der Waals surface area contributed by atoms with Crippen LogP contribution < -0.4 is 0 Å². The van der Waals surface area contributed by atoms with Gasteiger partial charge >= 0.3 is 0 Å². The van der Waals surface area contributed by atoms with Crippen LogP contribution in [0.25, 0.3) is 16.7 Å². The highest BCUT2D eigenvalue weighted by molar-refractivity contribution is 6.31.